The first-order chi connectivity index (χ1) is 12.4. The van der Waals surface area contributed by atoms with E-state index in [0.29, 0.717) is 0 Å². The summed E-state index contributed by atoms with van der Waals surface area (Å²) in [5.41, 5.74) is -4.34. The van der Waals surface area contributed by atoms with Crippen molar-refractivity contribution in [2.75, 3.05) is 5.32 Å². The van der Waals surface area contributed by atoms with Crippen LogP contribution >= 0.6 is 0 Å². The Morgan fingerprint density at radius 1 is 0.963 bits per heavy atom. The molecule has 0 heterocycles. The van der Waals surface area contributed by atoms with Gasteiger partial charge in [-0.2, -0.15) is 13.2 Å². The Bertz CT molecular complexity index is 849. The molecular weight excluding hydrogens is 386 g/mol. The van der Waals surface area contributed by atoms with Crippen LogP contribution in [0, 0.1) is 35.0 Å². The molecule has 0 aromatic heterocycles. The monoisotopic (exact) mass is 397 g/mol. The van der Waals surface area contributed by atoms with E-state index in [9.17, 15) is 39.9 Å². The molecule has 0 saturated carbocycles. The maximum absolute atomic E-state index is 13.8. The van der Waals surface area contributed by atoms with Gasteiger partial charge in [0.2, 0.25) is 5.91 Å². The Kier molecular flexibility index (Phi) is 5.76. The molecule has 0 aliphatic heterocycles. The summed E-state index contributed by atoms with van der Waals surface area (Å²) in [6, 6.07) is 5.32. The first kappa shape index (κ1) is 20.7. The number of amides is 1. The van der Waals surface area contributed by atoms with Crippen molar-refractivity contribution < 1.29 is 39.9 Å². The SMILES string of the molecule is C[C@@H](Cc1ccccc1F)C(=O)Nc1c(F)c(F)c(C(F)(F)F)c(F)c1F. The molecule has 0 aliphatic rings. The predicted molar refractivity (Wildman–Crippen MR) is 79.2 cm³/mol. The molecule has 0 bridgehead atoms. The molecule has 2 rings (SSSR count). The van der Waals surface area contributed by atoms with Crippen molar-refractivity contribution in [3.63, 3.8) is 0 Å². The van der Waals surface area contributed by atoms with Crippen LogP contribution in [-0.2, 0) is 17.4 Å². The number of carbonyl (C=O) groups excluding carboxylic acids is 1. The first-order valence-corrected chi connectivity index (χ1v) is 7.42. The maximum Gasteiger partial charge on any atom is 0.422 e. The van der Waals surface area contributed by atoms with Gasteiger partial charge >= 0.3 is 6.18 Å². The highest BCUT2D eigenvalue weighted by Crippen LogP contribution is 2.38. The lowest BCUT2D eigenvalue weighted by Gasteiger charge is -2.16. The third kappa shape index (κ3) is 4.20. The number of benzene rings is 2. The van der Waals surface area contributed by atoms with Crippen LogP contribution in [-0.4, -0.2) is 5.91 Å². The van der Waals surface area contributed by atoms with Crippen LogP contribution in [0.2, 0.25) is 0 Å². The minimum absolute atomic E-state index is 0.0888. The van der Waals surface area contributed by atoms with Gasteiger partial charge in [-0.25, -0.2) is 22.0 Å². The maximum atomic E-state index is 13.8. The number of alkyl halides is 3. The second kappa shape index (κ2) is 7.53. The van der Waals surface area contributed by atoms with Crippen LogP contribution in [0.25, 0.3) is 0 Å². The lowest BCUT2D eigenvalue weighted by Crippen LogP contribution is -2.25. The number of hydrogen-bond donors (Lipinski definition) is 1. The third-order valence-electron chi connectivity index (χ3n) is 3.73. The van der Waals surface area contributed by atoms with Crippen LogP contribution in [0.3, 0.4) is 0 Å². The highest BCUT2D eigenvalue weighted by Gasteiger charge is 2.42. The summed E-state index contributed by atoms with van der Waals surface area (Å²) >= 11 is 0. The summed E-state index contributed by atoms with van der Waals surface area (Å²) in [7, 11) is 0. The smallest absolute Gasteiger partial charge is 0.321 e. The molecule has 0 spiro atoms. The molecule has 1 atom stereocenters. The van der Waals surface area contributed by atoms with Crippen molar-refractivity contribution >= 4 is 11.6 Å². The Morgan fingerprint density at radius 3 is 1.96 bits per heavy atom. The van der Waals surface area contributed by atoms with Crippen LogP contribution in [0.1, 0.15) is 18.1 Å². The Morgan fingerprint density at radius 2 is 1.48 bits per heavy atom. The van der Waals surface area contributed by atoms with E-state index in [2.05, 4.69) is 0 Å². The van der Waals surface area contributed by atoms with Crippen LogP contribution in [0.4, 0.5) is 40.8 Å². The second-order valence-electron chi connectivity index (χ2n) is 5.69. The van der Waals surface area contributed by atoms with E-state index in [1.807, 2.05) is 0 Å². The molecule has 0 saturated heterocycles. The summed E-state index contributed by atoms with van der Waals surface area (Å²) in [6.45, 7) is 1.23. The van der Waals surface area contributed by atoms with Gasteiger partial charge in [0.05, 0.1) is 0 Å². The highest BCUT2D eigenvalue weighted by atomic mass is 19.4. The fraction of sp³-hybridized carbons (Fsp3) is 0.235. The van der Waals surface area contributed by atoms with Crippen molar-refractivity contribution in [3.05, 3.63) is 64.5 Å². The molecule has 2 aromatic rings. The Labute approximate surface area is 147 Å². The van der Waals surface area contributed by atoms with Gasteiger partial charge < -0.3 is 5.32 Å². The summed E-state index contributed by atoms with van der Waals surface area (Å²) in [5.74, 6) is -13.1. The lowest BCUT2D eigenvalue weighted by atomic mass is 9.99. The number of carbonyl (C=O) groups is 1. The summed E-state index contributed by atoms with van der Waals surface area (Å²) < 4.78 is 106. The minimum Gasteiger partial charge on any atom is -0.321 e. The van der Waals surface area contributed by atoms with E-state index in [0.717, 1.165) is 6.07 Å². The van der Waals surface area contributed by atoms with Gasteiger partial charge in [0.15, 0.2) is 23.3 Å². The molecule has 1 amide bonds. The van der Waals surface area contributed by atoms with Gasteiger partial charge in [-0.1, -0.05) is 25.1 Å². The Balaban J connectivity index is 2.32. The van der Waals surface area contributed by atoms with E-state index in [1.165, 1.54) is 30.4 Å². The molecule has 0 aliphatic carbocycles. The average molecular weight is 397 g/mol. The normalized spacial score (nSPS) is 12.8. The summed E-state index contributed by atoms with van der Waals surface area (Å²) in [5, 5.41) is 1.52. The molecule has 0 unspecified atom stereocenters. The van der Waals surface area contributed by atoms with Gasteiger partial charge in [0.1, 0.15) is 17.1 Å². The molecular formula is C17H11F8NO. The molecule has 27 heavy (non-hydrogen) atoms. The van der Waals surface area contributed by atoms with Crippen LogP contribution in [0.5, 0.6) is 0 Å². The quantitative estimate of drug-likeness (QED) is 0.557. The second-order valence-corrected chi connectivity index (χ2v) is 5.69. The van der Waals surface area contributed by atoms with E-state index >= 15 is 0 Å². The van der Waals surface area contributed by atoms with E-state index in [1.54, 1.807) is 0 Å². The molecule has 0 fully saturated rings. The van der Waals surface area contributed by atoms with Gasteiger partial charge in [-0.3, -0.25) is 4.79 Å². The number of rotatable bonds is 4. The van der Waals surface area contributed by atoms with E-state index < -0.39 is 58.3 Å². The first-order valence-electron chi connectivity index (χ1n) is 7.42. The molecule has 10 heteroatoms. The number of halogens is 8. The van der Waals surface area contributed by atoms with Crippen LogP contribution < -0.4 is 5.32 Å². The van der Waals surface area contributed by atoms with Crippen LogP contribution in [0.15, 0.2) is 24.3 Å². The third-order valence-corrected chi connectivity index (χ3v) is 3.73. The van der Waals surface area contributed by atoms with Gasteiger partial charge in [0, 0.05) is 5.92 Å². The minimum atomic E-state index is -5.68. The van der Waals surface area contributed by atoms with Gasteiger partial charge in [0.25, 0.3) is 0 Å². The Hall–Kier alpha value is -2.65. The number of nitrogens with one attached hydrogen (secondary N) is 1. The van der Waals surface area contributed by atoms with E-state index in [4.69, 9.17) is 0 Å². The molecule has 0 radical (unpaired) electrons. The summed E-state index contributed by atoms with van der Waals surface area (Å²) in [4.78, 5) is 12.0. The van der Waals surface area contributed by atoms with Crippen molar-refractivity contribution in [2.45, 2.75) is 19.5 Å². The number of anilines is 1. The average Bonchev–Trinajstić information content (AvgIpc) is 2.57. The van der Waals surface area contributed by atoms with Crippen molar-refractivity contribution in [1.82, 2.24) is 0 Å². The zero-order valence-corrected chi connectivity index (χ0v) is 13.5. The zero-order valence-electron chi connectivity index (χ0n) is 13.5. The zero-order chi connectivity index (χ0) is 20.5. The predicted octanol–water partition coefficient (Wildman–Crippen LogP) is 5.22. The van der Waals surface area contributed by atoms with Crippen molar-refractivity contribution in [3.8, 4) is 0 Å². The van der Waals surface area contributed by atoms with Crippen molar-refractivity contribution in [2.24, 2.45) is 5.92 Å². The van der Waals surface area contributed by atoms with Crippen molar-refractivity contribution in [1.29, 1.82) is 0 Å². The highest BCUT2D eigenvalue weighted by molar-refractivity contribution is 5.92. The standard InChI is InChI=1S/C17H11F8NO/c1-7(6-8-4-2-3-5-9(8)18)16(27)26-15-13(21)11(19)10(17(23,24)25)12(20)14(15)22/h2-5,7H,6H2,1H3,(H,26,27)/t7-/m0/s1. The largest absolute Gasteiger partial charge is 0.422 e. The van der Waals surface area contributed by atoms with Gasteiger partial charge in [-0.15, -0.1) is 0 Å². The van der Waals surface area contributed by atoms with E-state index in [-0.39, 0.29) is 12.0 Å². The molecule has 2 aromatic carbocycles. The topological polar surface area (TPSA) is 29.1 Å². The van der Waals surface area contributed by atoms with Gasteiger partial charge in [-0.05, 0) is 18.1 Å². The summed E-state index contributed by atoms with van der Waals surface area (Å²) in [6.07, 6.45) is -5.91. The molecule has 146 valence electrons. The lowest BCUT2D eigenvalue weighted by molar-refractivity contribution is -0.143. The fourth-order valence-corrected chi connectivity index (χ4v) is 2.32. The molecule has 1 N–H and O–H groups in total. The number of hydrogen-bond acceptors (Lipinski definition) is 1. The fourth-order valence-electron chi connectivity index (χ4n) is 2.32. The molecule has 2 nitrogen and oxygen atoms in total.